The molecule has 1 aromatic carbocycles. The highest BCUT2D eigenvalue weighted by Gasteiger charge is 2.17. The molecule has 3 aromatic rings. The van der Waals surface area contributed by atoms with Crippen LogP contribution in [0.15, 0.2) is 48.8 Å². The highest BCUT2D eigenvalue weighted by atomic mass is 16.5. The van der Waals surface area contributed by atoms with Crippen molar-refractivity contribution in [2.75, 3.05) is 44.7 Å². The second kappa shape index (κ2) is 7.79. The molecule has 3 heterocycles. The molecular weight excluding hydrogens is 324 g/mol. The van der Waals surface area contributed by atoms with E-state index in [-0.39, 0.29) is 0 Å². The smallest absolute Gasteiger partial charge is 0.128 e. The maximum Gasteiger partial charge on any atom is 0.128 e. The first-order chi connectivity index (χ1) is 12.8. The molecule has 136 valence electrons. The van der Waals surface area contributed by atoms with E-state index in [4.69, 9.17) is 4.74 Å². The third kappa shape index (κ3) is 3.68. The summed E-state index contributed by atoms with van der Waals surface area (Å²) in [6, 6.07) is 12.4. The summed E-state index contributed by atoms with van der Waals surface area (Å²) in [6.45, 7) is 5.48. The Balaban J connectivity index is 1.28. The Bertz CT molecular complexity index is 838. The molecule has 26 heavy (non-hydrogen) atoms. The summed E-state index contributed by atoms with van der Waals surface area (Å²) in [6.07, 6.45) is 6.28. The molecule has 1 saturated heterocycles. The number of rotatable bonds is 6. The summed E-state index contributed by atoms with van der Waals surface area (Å²) in [5.74, 6) is 2.02. The number of hydrogen-bond donors (Lipinski definition) is 1. The lowest BCUT2D eigenvalue weighted by atomic mass is 10.1. The summed E-state index contributed by atoms with van der Waals surface area (Å²) in [7, 11) is 1.72. The number of pyridine rings is 1. The number of methoxy groups -OCH3 is 1. The second-order valence-electron chi connectivity index (χ2n) is 6.85. The Morgan fingerprint density at radius 3 is 2.77 bits per heavy atom. The highest BCUT2D eigenvalue weighted by molar-refractivity contribution is 5.84. The molecule has 1 N–H and O–H groups in total. The van der Waals surface area contributed by atoms with Crippen LogP contribution in [-0.4, -0.2) is 54.7 Å². The number of H-pyrrole nitrogens is 1. The zero-order chi connectivity index (χ0) is 17.8. The van der Waals surface area contributed by atoms with Gasteiger partial charge in [0.05, 0.1) is 7.11 Å². The van der Waals surface area contributed by atoms with E-state index in [1.807, 2.05) is 18.3 Å². The maximum atomic E-state index is 5.36. The highest BCUT2D eigenvalue weighted by Crippen LogP contribution is 2.24. The molecule has 0 bridgehead atoms. The molecule has 2 aromatic heterocycles. The van der Waals surface area contributed by atoms with Gasteiger partial charge in [0.25, 0.3) is 0 Å². The molecule has 0 aliphatic carbocycles. The topological polar surface area (TPSA) is 44.4 Å². The molecule has 0 saturated carbocycles. The van der Waals surface area contributed by atoms with Crippen LogP contribution in [0.25, 0.3) is 10.9 Å². The number of ether oxygens (including phenoxy) is 1. The van der Waals surface area contributed by atoms with Crippen molar-refractivity contribution >= 4 is 16.7 Å². The molecule has 0 radical (unpaired) electrons. The largest absolute Gasteiger partial charge is 0.497 e. The van der Waals surface area contributed by atoms with Gasteiger partial charge in [0, 0.05) is 49.5 Å². The molecule has 0 unspecified atom stereocenters. The van der Waals surface area contributed by atoms with Crippen molar-refractivity contribution in [2.45, 2.75) is 12.8 Å². The van der Waals surface area contributed by atoms with Gasteiger partial charge >= 0.3 is 0 Å². The van der Waals surface area contributed by atoms with Crippen molar-refractivity contribution in [2.24, 2.45) is 0 Å². The average Bonchev–Trinajstić information content (AvgIpc) is 3.11. The van der Waals surface area contributed by atoms with E-state index in [2.05, 4.69) is 50.2 Å². The number of nitrogens with zero attached hydrogens (tertiary/aromatic N) is 3. The lowest BCUT2D eigenvalue weighted by Gasteiger charge is -2.35. The number of aryl methyl sites for hydroxylation is 1. The molecule has 0 spiro atoms. The van der Waals surface area contributed by atoms with Gasteiger partial charge in [-0.25, -0.2) is 4.98 Å². The Labute approximate surface area is 154 Å². The molecule has 4 rings (SSSR count). The van der Waals surface area contributed by atoms with Crippen molar-refractivity contribution < 1.29 is 4.74 Å². The minimum Gasteiger partial charge on any atom is -0.497 e. The normalized spacial score (nSPS) is 15.5. The first-order valence-corrected chi connectivity index (χ1v) is 9.36. The van der Waals surface area contributed by atoms with E-state index >= 15 is 0 Å². The van der Waals surface area contributed by atoms with Crippen LogP contribution in [0.1, 0.15) is 12.0 Å². The number of aromatic nitrogens is 2. The van der Waals surface area contributed by atoms with Gasteiger partial charge < -0.3 is 14.6 Å². The van der Waals surface area contributed by atoms with Crippen LogP contribution in [0, 0.1) is 0 Å². The Morgan fingerprint density at radius 1 is 1.12 bits per heavy atom. The molecule has 5 heteroatoms. The SMILES string of the molecule is COc1ccc2[nH]cc(CCCN3CCN(c4ccccn4)CC3)c2c1. The third-order valence-electron chi connectivity index (χ3n) is 5.24. The molecule has 0 atom stereocenters. The molecular formula is C21H26N4O. The van der Waals surface area contributed by atoms with Gasteiger partial charge in [0.15, 0.2) is 0 Å². The van der Waals surface area contributed by atoms with E-state index in [1.165, 1.54) is 22.9 Å². The van der Waals surface area contributed by atoms with Gasteiger partial charge in [-0.1, -0.05) is 6.07 Å². The number of piperazine rings is 1. The van der Waals surface area contributed by atoms with Crippen LogP contribution in [0.3, 0.4) is 0 Å². The van der Waals surface area contributed by atoms with Crippen LogP contribution in [0.4, 0.5) is 5.82 Å². The van der Waals surface area contributed by atoms with Crippen LogP contribution < -0.4 is 9.64 Å². The second-order valence-corrected chi connectivity index (χ2v) is 6.85. The van der Waals surface area contributed by atoms with Crippen LogP contribution in [0.2, 0.25) is 0 Å². The number of nitrogens with one attached hydrogen (secondary N) is 1. The minimum absolute atomic E-state index is 0.920. The molecule has 1 fully saturated rings. The fourth-order valence-corrected chi connectivity index (χ4v) is 3.73. The Kier molecular flexibility index (Phi) is 5.07. The Hall–Kier alpha value is -2.53. The predicted molar refractivity (Wildman–Crippen MR) is 106 cm³/mol. The van der Waals surface area contributed by atoms with Gasteiger partial charge in [-0.15, -0.1) is 0 Å². The summed E-state index contributed by atoms with van der Waals surface area (Å²) in [4.78, 5) is 12.8. The number of hydrogen-bond acceptors (Lipinski definition) is 4. The first kappa shape index (κ1) is 16.9. The van der Waals surface area contributed by atoms with E-state index in [0.717, 1.165) is 50.7 Å². The van der Waals surface area contributed by atoms with Crippen LogP contribution >= 0.6 is 0 Å². The zero-order valence-corrected chi connectivity index (χ0v) is 15.3. The number of aromatic amines is 1. The standard InChI is InChI=1S/C21H26N4O/c1-26-18-7-8-20-19(15-18)17(16-23-20)5-4-10-24-11-13-25(14-12-24)21-6-2-3-9-22-21/h2-3,6-9,15-16,23H,4-5,10-14H2,1H3. The lowest BCUT2D eigenvalue weighted by Crippen LogP contribution is -2.46. The van der Waals surface area contributed by atoms with Gasteiger partial charge in [-0.2, -0.15) is 0 Å². The van der Waals surface area contributed by atoms with E-state index < -0.39 is 0 Å². The van der Waals surface area contributed by atoms with Gasteiger partial charge in [-0.05, 0) is 55.3 Å². The van der Waals surface area contributed by atoms with E-state index in [9.17, 15) is 0 Å². The van der Waals surface area contributed by atoms with Gasteiger partial charge in [0.1, 0.15) is 11.6 Å². The van der Waals surface area contributed by atoms with Gasteiger partial charge in [-0.3, -0.25) is 4.90 Å². The molecule has 1 aliphatic heterocycles. The fourth-order valence-electron chi connectivity index (χ4n) is 3.73. The average molecular weight is 350 g/mol. The van der Waals surface area contributed by atoms with Crippen LogP contribution in [-0.2, 0) is 6.42 Å². The first-order valence-electron chi connectivity index (χ1n) is 9.36. The van der Waals surface area contributed by atoms with Crippen molar-refractivity contribution in [3.63, 3.8) is 0 Å². The Morgan fingerprint density at radius 2 is 2.00 bits per heavy atom. The zero-order valence-electron chi connectivity index (χ0n) is 15.3. The summed E-state index contributed by atoms with van der Waals surface area (Å²) < 4.78 is 5.36. The van der Waals surface area contributed by atoms with Crippen LogP contribution in [0.5, 0.6) is 5.75 Å². The number of benzene rings is 1. The lowest BCUT2D eigenvalue weighted by molar-refractivity contribution is 0.254. The molecule has 0 amide bonds. The predicted octanol–water partition coefficient (Wildman–Crippen LogP) is 3.33. The van der Waals surface area contributed by atoms with Crippen molar-refractivity contribution in [1.29, 1.82) is 0 Å². The van der Waals surface area contributed by atoms with Gasteiger partial charge in [0.2, 0.25) is 0 Å². The quantitative estimate of drug-likeness (QED) is 0.741. The van der Waals surface area contributed by atoms with Crippen molar-refractivity contribution in [1.82, 2.24) is 14.9 Å². The number of fused-ring (bicyclic) bond motifs is 1. The monoisotopic (exact) mass is 350 g/mol. The maximum absolute atomic E-state index is 5.36. The summed E-state index contributed by atoms with van der Waals surface area (Å²) in [5.41, 5.74) is 2.57. The van der Waals surface area contributed by atoms with Crippen molar-refractivity contribution in [3.05, 3.63) is 54.4 Å². The molecule has 1 aliphatic rings. The fraction of sp³-hybridized carbons (Fsp3) is 0.381. The number of anilines is 1. The third-order valence-corrected chi connectivity index (χ3v) is 5.24. The summed E-state index contributed by atoms with van der Waals surface area (Å²) in [5, 5.41) is 1.28. The van der Waals surface area contributed by atoms with E-state index in [1.54, 1.807) is 7.11 Å². The molecule has 5 nitrogen and oxygen atoms in total. The minimum atomic E-state index is 0.920. The van der Waals surface area contributed by atoms with E-state index in [0.29, 0.717) is 0 Å². The summed E-state index contributed by atoms with van der Waals surface area (Å²) >= 11 is 0. The van der Waals surface area contributed by atoms with Crippen molar-refractivity contribution in [3.8, 4) is 5.75 Å².